The molecule has 4 aromatic carbocycles. The molecule has 61 heavy (non-hydrogen) atoms. The van der Waals surface area contributed by atoms with Gasteiger partial charge in [-0.25, -0.2) is 9.59 Å². The number of hydrogen-bond acceptors (Lipinski definition) is 8. The lowest BCUT2D eigenvalue weighted by Gasteiger charge is -2.48. The number of benzene rings is 4. The summed E-state index contributed by atoms with van der Waals surface area (Å²) < 4.78 is 14.2. The van der Waals surface area contributed by atoms with Crippen LogP contribution in [0.1, 0.15) is 56.4 Å². The van der Waals surface area contributed by atoms with Crippen molar-refractivity contribution in [3.8, 4) is 16.9 Å². The molecule has 0 radical (unpaired) electrons. The maximum absolute atomic E-state index is 13.2. The third kappa shape index (κ3) is 8.74. The number of fused-ring (bicyclic) bond motifs is 5. The number of oxazole rings is 1. The molecule has 0 spiro atoms. The number of carbonyl (C=O) groups is 1. The number of nitrogens with one attached hydrogen (secondary N) is 2. The highest BCUT2D eigenvalue weighted by molar-refractivity contribution is 6.74. The van der Waals surface area contributed by atoms with Gasteiger partial charge in [-0.2, -0.15) is 0 Å². The van der Waals surface area contributed by atoms with Gasteiger partial charge in [0.1, 0.15) is 5.75 Å². The first-order valence-corrected chi connectivity index (χ1v) is 24.0. The van der Waals surface area contributed by atoms with Gasteiger partial charge in [0, 0.05) is 43.2 Å². The SMILES string of the molecule is CC(C)(C)[Si](C)(C)O[C@@H](CNCc1ccc2oc(=O)n(C/C=C/c3ccc(-c4ccccc4)c(N(C(=O)O)[C@H]4CN5CCC4CC5)c3)c2c1)c1ccc(O)c2[nH]c(=O)ccc12. The second kappa shape index (κ2) is 17.0. The van der Waals surface area contributed by atoms with E-state index >= 15 is 0 Å². The molecular weight excluding hydrogens is 787 g/mol. The van der Waals surface area contributed by atoms with Crippen LogP contribution in [-0.4, -0.2) is 71.3 Å². The van der Waals surface area contributed by atoms with E-state index in [-0.39, 0.29) is 35.0 Å². The highest BCUT2D eigenvalue weighted by Gasteiger charge is 2.41. The van der Waals surface area contributed by atoms with E-state index in [9.17, 15) is 24.6 Å². The number of piperidine rings is 3. The van der Waals surface area contributed by atoms with Gasteiger partial charge < -0.3 is 34.3 Å². The van der Waals surface area contributed by atoms with E-state index < -0.39 is 20.2 Å². The van der Waals surface area contributed by atoms with Gasteiger partial charge in [-0.05, 0) is 103 Å². The Balaban J connectivity index is 1.03. The van der Waals surface area contributed by atoms with Crippen molar-refractivity contribution in [3.63, 3.8) is 0 Å². The average molecular weight is 842 g/mol. The van der Waals surface area contributed by atoms with Gasteiger partial charge in [-0.3, -0.25) is 14.3 Å². The standard InChI is InChI=1S/C48H55N5O7Si/c1-48(2,3)61(4,5)60-43(36-16-18-41(54)45-37(36)17-20-44(55)50-45)29-49-28-32-14-19-42-39(27-32)52(47(58)59-42)23-9-10-31-13-15-35(33-11-7-6-8-12-33)38(26-31)53(46(56)57)40-30-51-24-21-34(40)22-25-51/h6-20,26-27,34,40,43,49,54H,21-25,28-30H2,1-5H3,(H,50,55)(H,56,57)/b10-9+/t40-,43-/m0/s1. The van der Waals surface area contributed by atoms with Crippen LogP contribution in [0.25, 0.3) is 39.2 Å². The summed E-state index contributed by atoms with van der Waals surface area (Å²) in [6.45, 7) is 14.9. The Morgan fingerprint density at radius 3 is 2.49 bits per heavy atom. The van der Waals surface area contributed by atoms with E-state index in [1.54, 1.807) is 21.6 Å². The maximum atomic E-state index is 13.2. The summed E-state index contributed by atoms with van der Waals surface area (Å²) in [7, 11) is -2.28. The zero-order valence-electron chi connectivity index (χ0n) is 35.5. The number of pyridine rings is 1. The van der Waals surface area contributed by atoms with E-state index in [2.05, 4.69) is 49.1 Å². The first kappa shape index (κ1) is 42.0. The third-order valence-corrected chi connectivity index (χ3v) is 17.5. The fourth-order valence-electron chi connectivity index (χ4n) is 8.68. The lowest BCUT2D eigenvalue weighted by molar-refractivity contribution is 0.0838. The minimum atomic E-state index is -2.28. The lowest BCUT2D eigenvalue weighted by Crippen LogP contribution is -2.59. The van der Waals surface area contributed by atoms with Crippen LogP contribution in [-0.2, 0) is 17.5 Å². The van der Waals surface area contributed by atoms with Gasteiger partial charge >= 0.3 is 11.8 Å². The number of aromatic amines is 1. The molecule has 5 heterocycles. The number of anilines is 1. The quantitative estimate of drug-likeness (QED) is 0.0835. The Kier molecular flexibility index (Phi) is 11.7. The molecule has 3 aliphatic heterocycles. The molecular formula is C48H55N5O7Si. The van der Waals surface area contributed by atoms with E-state index in [1.807, 2.05) is 84.9 Å². The summed E-state index contributed by atoms with van der Waals surface area (Å²) in [6.07, 6.45) is 4.48. The van der Waals surface area contributed by atoms with Gasteiger partial charge in [0.05, 0.1) is 28.9 Å². The molecule has 1 amide bonds. The van der Waals surface area contributed by atoms with Crippen LogP contribution in [0.3, 0.4) is 0 Å². The van der Waals surface area contributed by atoms with E-state index in [1.165, 1.54) is 6.07 Å². The summed E-state index contributed by atoms with van der Waals surface area (Å²) in [5, 5.41) is 25.5. The zero-order chi connectivity index (χ0) is 43.1. The summed E-state index contributed by atoms with van der Waals surface area (Å²) in [6, 6.07) is 28.0. The average Bonchev–Trinajstić information content (AvgIpc) is 3.55. The van der Waals surface area contributed by atoms with E-state index in [0.717, 1.165) is 65.7 Å². The molecule has 12 nitrogen and oxygen atoms in total. The number of phenolic OH excluding ortho intramolecular Hbond substituents is 1. The molecule has 9 rings (SSSR count). The monoisotopic (exact) mass is 841 g/mol. The Morgan fingerprint density at radius 1 is 1.02 bits per heavy atom. The second-order valence-electron chi connectivity index (χ2n) is 18.0. The van der Waals surface area contributed by atoms with Crippen LogP contribution in [0.5, 0.6) is 5.75 Å². The van der Waals surface area contributed by atoms with E-state index in [0.29, 0.717) is 41.3 Å². The molecule has 2 bridgehead atoms. The van der Waals surface area contributed by atoms with Gasteiger partial charge in [0.25, 0.3) is 0 Å². The third-order valence-electron chi connectivity index (χ3n) is 13.0. The van der Waals surface area contributed by atoms with Crippen molar-refractivity contribution in [1.29, 1.82) is 0 Å². The molecule has 318 valence electrons. The Morgan fingerprint density at radius 2 is 1.79 bits per heavy atom. The van der Waals surface area contributed by atoms with Crippen molar-refractivity contribution in [2.45, 2.75) is 77.0 Å². The minimum Gasteiger partial charge on any atom is -0.506 e. The number of amides is 1. The zero-order valence-corrected chi connectivity index (χ0v) is 36.5. The molecule has 3 aliphatic rings. The summed E-state index contributed by atoms with van der Waals surface area (Å²) in [5.74, 6) is -0.153. The number of H-pyrrole nitrogens is 1. The molecule has 0 unspecified atom stereocenters. The molecule has 3 fully saturated rings. The molecule has 13 heteroatoms. The number of rotatable bonds is 13. The topological polar surface area (TPSA) is 153 Å². The maximum Gasteiger partial charge on any atom is 0.420 e. The highest BCUT2D eigenvalue weighted by atomic mass is 28.4. The van der Waals surface area contributed by atoms with Gasteiger partial charge in [0.15, 0.2) is 13.9 Å². The Hall–Kier alpha value is -5.73. The van der Waals surface area contributed by atoms with Gasteiger partial charge in [-0.15, -0.1) is 0 Å². The number of carboxylic acid groups (broad SMARTS) is 1. The highest BCUT2D eigenvalue weighted by Crippen LogP contribution is 2.42. The fourth-order valence-corrected chi connectivity index (χ4v) is 9.96. The van der Waals surface area contributed by atoms with Crippen molar-refractivity contribution in [3.05, 3.63) is 135 Å². The fraction of sp³-hybridized carbons (Fsp3) is 0.354. The predicted octanol–water partition coefficient (Wildman–Crippen LogP) is 8.95. The molecule has 0 aliphatic carbocycles. The molecule has 6 aromatic rings. The smallest absolute Gasteiger partial charge is 0.420 e. The van der Waals surface area contributed by atoms with Gasteiger partial charge in [-0.1, -0.05) is 87.5 Å². The van der Waals surface area contributed by atoms with Crippen molar-refractivity contribution in [1.82, 2.24) is 19.8 Å². The summed E-state index contributed by atoms with van der Waals surface area (Å²) >= 11 is 0. The number of aromatic hydroxyl groups is 1. The number of aromatic nitrogens is 2. The van der Waals surface area contributed by atoms with Crippen LogP contribution < -0.4 is 21.5 Å². The number of hydrogen-bond donors (Lipinski definition) is 4. The molecule has 0 saturated carbocycles. The van der Waals surface area contributed by atoms with Crippen LogP contribution in [0.15, 0.2) is 111 Å². The largest absolute Gasteiger partial charge is 0.506 e. The lowest BCUT2D eigenvalue weighted by atomic mass is 9.82. The summed E-state index contributed by atoms with van der Waals surface area (Å²) in [4.78, 5) is 45.2. The van der Waals surface area contributed by atoms with E-state index in [4.69, 9.17) is 8.84 Å². The van der Waals surface area contributed by atoms with Crippen molar-refractivity contribution in [2.24, 2.45) is 5.92 Å². The van der Waals surface area contributed by atoms with Crippen molar-refractivity contribution < 1.29 is 23.9 Å². The first-order valence-electron chi connectivity index (χ1n) is 21.1. The molecule has 2 aromatic heterocycles. The second-order valence-corrected chi connectivity index (χ2v) is 22.7. The molecule has 3 saturated heterocycles. The number of nitrogens with zero attached hydrogens (tertiary/aromatic N) is 3. The molecule has 4 N–H and O–H groups in total. The summed E-state index contributed by atoms with van der Waals surface area (Å²) in [5.41, 5.74) is 6.34. The van der Waals surface area contributed by atoms with Crippen molar-refractivity contribution in [2.75, 3.05) is 31.1 Å². The van der Waals surface area contributed by atoms with Gasteiger partial charge in [0.2, 0.25) is 5.56 Å². The number of phenols is 1. The normalized spacial score (nSPS) is 18.6. The predicted molar refractivity (Wildman–Crippen MR) is 244 cm³/mol. The molecule has 2 atom stereocenters. The van der Waals surface area contributed by atoms with Crippen LogP contribution in [0.2, 0.25) is 18.1 Å². The number of allylic oxidation sites excluding steroid dienone is 1. The Bertz CT molecular complexity index is 2710. The Labute approximate surface area is 356 Å². The van der Waals surface area contributed by atoms with Crippen LogP contribution in [0.4, 0.5) is 10.5 Å². The van der Waals surface area contributed by atoms with Crippen LogP contribution in [0, 0.1) is 5.92 Å². The van der Waals surface area contributed by atoms with Crippen LogP contribution >= 0.6 is 0 Å². The minimum absolute atomic E-state index is 0.00000197. The van der Waals surface area contributed by atoms with Crippen molar-refractivity contribution >= 4 is 48.2 Å². The first-order chi connectivity index (χ1) is 29.2.